The van der Waals surface area contributed by atoms with Crippen LogP contribution in [0.5, 0.6) is 0 Å². The van der Waals surface area contributed by atoms with E-state index in [1.807, 2.05) is 7.05 Å². The van der Waals surface area contributed by atoms with E-state index in [1.165, 1.54) is 43.9 Å². The number of rotatable bonds is 7. The van der Waals surface area contributed by atoms with Gasteiger partial charge in [0.2, 0.25) is 0 Å². The van der Waals surface area contributed by atoms with E-state index in [2.05, 4.69) is 77.4 Å². The molecule has 5 heteroatoms. The van der Waals surface area contributed by atoms with E-state index in [4.69, 9.17) is 0 Å². The van der Waals surface area contributed by atoms with Crippen LogP contribution in [0.3, 0.4) is 0 Å². The van der Waals surface area contributed by atoms with Crippen LogP contribution in [0.4, 0.5) is 0 Å². The van der Waals surface area contributed by atoms with Crippen LogP contribution in [0.15, 0.2) is 29.3 Å². The lowest BCUT2D eigenvalue weighted by molar-refractivity contribution is 0.139. The fourth-order valence-corrected chi connectivity index (χ4v) is 3.38. The normalized spacial score (nSPS) is 17.1. The number of benzene rings is 1. The van der Waals surface area contributed by atoms with Crippen molar-refractivity contribution in [1.29, 1.82) is 0 Å². The molecule has 0 radical (unpaired) electrons. The lowest BCUT2D eigenvalue weighted by atomic mass is 9.86. The number of hydrogen-bond acceptors (Lipinski definition) is 3. The molecular formula is C22H39N5. The molecule has 0 unspecified atom stereocenters. The Morgan fingerprint density at radius 1 is 0.963 bits per heavy atom. The first kappa shape index (κ1) is 21.7. The van der Waals surface area contributed by atoms with Crippen LogP contribution in [0, 0.1) is 0 Å². The molecule has 0 amide bonds. The molecule has 0 bridgehead atoms. The smallest absolute Gasteiger partial charge is 0.191 e. The van der Waals surface area contributed by atoms with Gasteiger partial charge >= 0.3 is 0 Å². The summed E-state index contributed by atoms with van der Waals surface area (Å²) in [5, 5.41) is 6.87. The van der Waals surface area contributed by atoms with Crippen LogP contribution in [0.1, 0.15) is 38.8 Å². The van der Waals surface area contributed by atoms with Crippen molar-refractivity contribution in [1.82, 2.24) is 20.4 Å². The lowest BCUT2D eigenvalue weighted by Gasteiger charge is -2.34. The van der Waals surface area contributed by atoms with Gasteiger partial charge in [-0.05, 0) is 29.5 Å². The lowest BCUT2D eigenvalue weighted by Crippen LogP contribution is -2.49. The monoisotopic (exact) mass is 373 g/mol. The largest absolute Gasteiger partial charge is 0.356 e. The fourth-order valence-electron chi connectivity index (χ4n) is 3.38. The molecule has 2 rings (SSSR count). The number of likely N-dealkylation sites (N-methyl/N-ethyl adjacent to an activating group) is 1. The second-order valence-corrected chi connectivity index (χ2v) is 8.40. The van der Waals surface area contributed by atoms with Gasteiger partial charge in [0, 0.05) is 52.9 Å². The minimum atomic E-state index is 0.214. The Hall–Kier alpha value is -1.59. The molecule has 1 aliphatic heterocycles. The van der Waals surface area contributed by atoms with Crippen LogP contribution < -0.4 is 10.6 Å². The Labute approximate surface area is 166 Å². The standard InChI is InChI=1S/C22H39N5/c1-6-26-15-17-27(18-16-26)14-13-25-21(23-5)24-12-11-19-7-9-20(10-8-19)22(2,3)4/h7-10H,6,11-18H2,1-5H3,(H2,23,24,25). The topological polar surface area (TPSA) is 42.9 Å². The van der Waals surface area contributed by atoms with Crippen molar-refractivity contribution < 1.29 is 0 Å². The van der Waals surface area contributed by atoms with Gasteiger partial charge in [0.1, 0.15) is 0 Å². The molecule has 0 aromatic heterocycles. The van der Waals surface area contributed by atoms with Crippen LogP contribution in [-0.2, 0) is 11.8 Å². The Balaban J connectivity index is 1.64. The minimum absolute atomic E-state index is 0.214. The van der Waals surface area contributed by atoms with E-state index < -0.39 is 0 Å². The summed E-state index contributed by atoms with van der Waals surface area (Å²) >= 11 is 0. The zero-order valence-electron chi connectivity index (χ0n) is 18.0. The third kappa shape index (κ3) is 7.51. The van der Waals surface area contributed by atoms with Gasteiger partial charge in [-0.25, -0.2) is 0 Å². The zero-order chi connectivity index (χ0) is 19.7. The molecule has 1 saturated heterocycles. The van der Waals surface area contributed by atoms with Crippen molar-refractivity contribution in [2.24, 2.45) is 4.99 Å². The van der Waals surface area contributed by atoms with Gasteiger partial charge in [0.05, 0.1) is 0 Å². The summed E-state index contributed by atoms with van der Waals surface area (Å²) in [5.74, 6) is 0.897. The van der Waals surface area contributed by atoms with Gasteiger partial charge in [-0.2, -0.15) is 0 Å². The second kappa shape index (κ2) is 10.7. The highest BCUT2D eigenvalue weighted by Gasteiger charge is 2.15. The van der Waals surface area contributed by atoms with E-state index in [0.29, 0.717) is 0 Å². The minimum Gasteiger partial charge on any atom is -0.356 e. The maximum absolute atomic E-state index is 4.34. The van der Waals surface area contributed by atoms with Crippen molar-refractivity contribution in [3.05, 3.63) is 35.4 Å². The molecule has 5 nitrogen and oxygen atoms in total. The average molecular weight is 374 g/mol. The van der Waals surface area contributed by atoms with Crippen LogP contribution >= 0.6 is 0 Å². The highest BCUT2D eigenvalue weighted by molar-refractivity contribution is 5.79. The molecule has 152 valence electrons. The fraction of sp³-hybridized carbons (Fsp3) is 0.682. The SMILES string of the molecule is CCN1CCN(CCNC(=NC)NCCc2ccc(C(C)(C)C)cc2)CC1. The van der Waals surface area contributed by atoms with Gasteiger partial charge in [-0.3, -0.25) is 9.89 Å². The quantitative estimate of drug-likeness (QED) is 0.569. The van der Waals surface area contributed by atoms with Crippen molar-refractivity contribution in [3.8, 4) is 0 Å². The molecule has 1 heterocycles. The van der Waals surface area contributed by atoms with Crippen molar-refractivity contribution in [3.63, 3.8) is 0 Å². The van der Waals surface area contributed by atoms with E-state index in [0.717, 1.165) is 32.0 Å². The molecular weight excluding hydrogens is 334 g/mol. The van der Waals surface area contributed by atoms with E-state index in [1.54, 1.807) is 0 Å². The van der Waals surface area contributed by atoms with E-state index in [-0.39, 0.29) is 5.41 Å². The molecule has 1 aromatic rings. The van der Waals surface area contributed by atoms with Crippen LogP contribution in [-0.4, -0.2) is 75.2 Å². The molecule has 0 saturated carbocycles. The van der Waals surface area contributed by atoms with Gasteiger partial charge in [0.15, 0.2) is 5.96 Å². The third-order valence-corrected chi connectivity index (χ3v) is 5.38. The van der Waals surface area contributed by atoms with Gasteiger partial charge in [-0.1, -0.05) is 52.0 Å². The van der Waals surface area contributed by atoms with Gasteiger partial charge in [0.25, 0.3) is 0 Å². The predicted molar refractivity (Wildman–Crippen MR) is 117 cm³/mol. The first-order chi connectivity index (χ1) is 12.9. The van der Waals surface area contributed by atoms with Crippen LogP contribution in [0.2, 0.25) is 0 Å². The average Bonchev–Trinajstić information content (AvgIpc) is 2.67. The molecule has 27 heavy (non-hydrogen) atoms. The maximum atomic E-state index is 4.34. The van der Waals surface area contributed by atoms with Crippen molar-refractivity contribution in [2.75, 3.05) is 59.4 Å². The van der Waals surface area contributed by atoms with E-state index >= 15 is 0 Å². The Kier molecular flexibility index (Phi) is 8.58. The molecule has 1 fully saturated rings. The van der Waals surface area contributed by atoms with E-state index in [9.17, 15) is 0 Å². The third-order valence-electron chi connectivity index (χ3n) is 5.38. The molecule has 1 aromatic carbocycles. The summed E-state index contributed by atoms with van der Waals surface area (Å²) in [6, 6.07) is 8.99. The summed E-state index contributed by atoms with van der Waals surface area (Å²) in [6.45, 7) is 17.8. The predicted octanol–water partition coefficient (Wildman–Crippen LogP) is 2.33. The number of nitrogens with one attached hydrogen (secondary N) is 2. The molecule has 0 spiro atoms. The Morgan fingerprint density at radius 3 is 2.11 bits per heavy atom. The molecule has 0 aliphatic carbocycles. The van der Waals surface area contributed by atoms with Crippen LogP contribution in [0.25, 0.3) is 0 Å². The highest BCUT2D eigenvalue weighted by atomic mass is 15.3. The number of nitrogens with zero attached hydrogens (tertiary/aromatic N) is 3. The Bertz CT molecular complexity index is 565. The summed E-state index contributed by atoms with van der Waals surface area (Å²) in [6.07, 6.45) is 1.00. The maximum Gasteiger partial charge on any atom is 0.191 e. The number of hydrogen-bond donors (Lipinski definition) is 2. The molecule has 2 N–H and O–H groups in total. The number of piperazine rings is 1. The van der Waals surface area contributed by atoms with Crippen molar-refractivity contribution in [2.45, 2.75) is 39.5 Å². The van der Waals surface area contributed by atoms with Gasteiger partial charge in [-0.15, -0.1) is 0 Å². The van der Waals surface area contributed by atoms with Crippen molar-refractivity contribution >= 4 is 5.96 Å². The first-order valence-corrected chi connectivity index (χ1v) is 10.4. The summed E-state index contributed by atoms with van der Waals surface area (Å²) < 4.78 is 0. The van der Waals surface area contributed by atoms with Gasteiger partial charge < -0.3 is 15.5 Å². The highest BCUT2D eigenvalue weighted by Crippen LogP contribution is 2.22. The molecule has 1 aliphatic rings. The summed E-state index contributed by atoms with van der Waals surface area (Å²) in [4.78, 5) is 9.38. The second-order valence-electron chi connectivity index (χ2n) is 8.40. The summed E-state index contributed by atoms with van der Waals surface area (Å²) in [7, 11) is 1.84. The summed E-state index contributed by atoms with van der Waals surface area (Å²) in [5.41, 5.74) is 2.96. The first-order valence-electron chi connectivity index (χ1n) is 10.4. The Morgan fingerprint density at radius 2 is 1.56 bits per heavy atom. The number of aliphatic imine (C=N–C) groups is 1. The zero-order valence-corrected chi connectivity index (χ0v) is 18.0. The number of guanidine groups is 1. The molecule has 0 atom stereocenters.